The molecule has 0 radical (unpaired) electrons. The largest absolute Gasteiger partial charge is 0.298 e. The second-order valence-corrected chi connectivity index (χ2v) is 5.71. The van der Waals surface area contributed by atoms with Crippen molar-refractivity contribution in [2.24, 2.45) is 4.99 Å². The Morgan fingerprint density at radius 2 is 1.88 bits per heavy atom. The number of hydrogen-bond donors (Lipinski definition) is 0. The summed E-state index contributed by atoms with van der Waals surface area (Å²) in [5.74, 6) is 0. The van der Waals surface area contributed by atoms with Crippen LogP contribution in [0, 0.1) is 0 Å². The Hall–Kier alpha value is -0.410. The number of aliphatic imine (C=N–C) groups is 1. The van der Waals surface area contributed by atoms with Crippen LogP contribution in [0.3, 0.4) is 0 Å². The van der Waals surface area contributed by atoms with Crippen molar-refractivity contribution in [1.29, 1.82) is 0 Å². The van der Waals surface area contributed by atoms with E-state index < -0.39 is 0 Å². The molecule has 1 saturated carbocycles. The summed E-state index contributed by atoms with van der Waals surface area (Å²) in [6.07, 6.45) is 5.17. The zero-order valence-corrected chi connectivity index (χ0v) is 11.7. The highest BCUT2D eigenvalue weighted by Crippen LogP contribution is 2.22. The van der Waals surface area contributed by atoms with Gasteiger partial charge in [-0.3, -0.25) is 14.8 Å². The van der Waals surface area contributed by atoms with Crippen LogP contribution in [0.1, 0.15) is 39.5 Å². The van der Waals surface area contributed by atoms with Gasteiger partial charge in [0, 0.05) is 57.4 Å². The van der Waals surface area contributed by atoms with Crippen LogP contribution in [0.2, 0.25) is 0 Å². The van der Waals surface area contributed by atoms with Crippen LogP contribution in [-0.2, 0) is 0 Å². The number of nitrogens with zero attached hydrogens (tertiary/aromatic N) is 3. The molecule has 1 aliphatic carbocycles. The van der Waals surface area contributed by atoms with Gasteiger partial charge in [0.2, 0.25) is 0 Å². The second kappa shape index (κ2) is 5.96. The Bertz CT molecular complexity index is 265. The Labute approximate surface area is 106 Å². The molecule has 3 nitrogen and oxygen atoms in total. The molecule has 2 rings (SSSR count). The van der Waals surface area contributed by atoms with Crippen molar-refractivity contribution in [2.45, 2.75) is 51.6 Å². The lowest BCUT2D eigenvalue weighted by atomic mass is 9.92. The molecule has 0 spiro atoms. The fourth-order valence-electron chi connectivity index (χ4n) is 3.15. The van der Waals surface area contributed by atoms with Gasteiger partial charge in [-0.1, -0.05) is 0 Å². The zero-order valence-electron chi connectivity index (χ0n) is 11.7. The van der Waals surface area contributed by atoms with E-state index in [2.05, 4.69) is 28.6 Å². The summed E-state index contributed by atoms with van der Waals surface area (Å²) in [6.45, 7) is 9.59. The molecule has 0 aromatic heterocycles. The smallest absolute Gasteiger partial charge is 0.0276 e. The predicted octanol–water partition coefficient (Wildman–Crippen LogP) is 2.03. The summed E-state index contributed by atoms with van der Waals surface area (Å²) in [5, 5.41) is 0. The summed E-state index contributed by atoms with van der Waals surface area (Å²) < 4.78 is 0. The number of hydrogen-bond acceptors (Lipinski definition) is 3. The lowest BCUT2D eigenvalue weighted by Gasteiger charge is -2.42. The molecule has 1 saturated heterocycles. The van der Waals surface area contributed by atoms with Gasteiger partial charge < -0.3 is 0 Å². The summed E-state index contributed by atoms with van der Waals surface area (Å²) in [4.78, 5) is 9.70. The molecule has 0 N–H and O–H groups in total. The minimum absolute atomic E-state index is 0.705. The SMILES string of the molecule is CN=C1CCC[C@@H](N2CCN(C(C)C)CC2)C1. The molecule has 0 unspecified atom stereocenters. The lowest BCUT2D eigenvalue weighted by Crippen LogP contribution is -2.53. The van der Waals surface area contributed by atoms with E-state index in [1.165, 1.54) is 57.6 Å². The van der Waals surface area contributed by atoms with Gasteiger partial charge in [0.1, 0.15) is 0 Å². The fourth-order valence-corrected chi connectivity index (χ4v) is 3.15. The Morgan fingerprint density at radius 1 is 1.18 bits per heavy atom. The number of piperazine rings is 1. The van der Waals surface area contributed by atoms with Crippen LogP contribution in [0.25, 0.3) is 0 Å². The molecule has 0 aromatic rings. The van der Waals surface area contributed by atoms with Crippen molar-refractivity contribution >= 4 is 5.71 Å². The van der Waals surface area contributed by atoms with Crippen molar-refractivity contribution < 1.29 is 0 Å². The minimum Gasteiger partial charge on any atom is -0.298 e. The molecule has 0 bridgehead atoms. The summed E-state index contributed by atoms with van der Waals surface area (Å²) in [7, 11) is 1.95. The van der Waals surface area contributed by atoms with Crippen LogP contribution in [0.4, 0.5) is 0 Å². The van der Waals surface area contributed by atoms with Crippen LogP contribution >= 0.6 is 0 Å². The first-order valence-corrected chi connectivity index (χ1v) is 7.13. The van der Waals surface area contributed by atoms with Gasteiger partial charge in [0.25, 0.3) is 0 Å². The second-order valence-electron chi connectivity index (χ2n) is 5.71. The maximum Gasteiger partial charge on any atom is 0.0276 e. The van der Waals surface area contributed by atoms with E-state index in [9.17, 15) is 0 Å². The van der Waals surface area contributed by atoms with Gasteiger partial charge >= 0.3 is 0 Å². The summed E-state index contributed by atoms with van der Waals surface area (Å²) in [6, 6.07) is 1.48. The molecule has 0 aromatic carbocycles. The van der Waals surface area contributed by atoms with E-state index in [1.54, 1.807) is 0 Å². The maximum atomic E-state index is 4.42. The average molecular weight is 237 g/mol. The summed E-state index contributed by atoms with van der Waals surface area (Å²) in [5.41, 5.74) is 1.44. The maximum absolute atomic E-state index is 4.42. The molecular weight excluding hydrogens is 210 g/mol. The van der Waals surface area contributed by atoms with Crippen molar-refractivity contribution in [3.63, 3.8) is 0 Å². The monoisotopic (exact) mass is 237 g/mol. The molecule has 0 amide bonds. The first kappa shape index (κ1) is 13.0. The summed E-state index contributed by atoms with van der Waals surface area (Å²) >= 11 is 0. The zero-order chi connectivity index (χ0) is 12.3. The van der Waals surface area contributed by atoms with E-state index in [0.717, 1.165) is 6.04 Å². The third-order valence-corrected chi connectivity index (χ3v) is 4.39. The van der Waals surface area contributed by atoms with Crippen LogP contribution < -0.4 is 0 Å². The van der Waals surface area contributed by atoms with Gasteiger partial charge in [0.05, 0.1) is 0 Å². The van der Waals surface area contributed by atoms with Crippen molar-refractivity contribution in [2.75, 3.05) is 33.2 Å². The van der Waals surface area contributed by atoms with Gasteiger partial charge in [-0.15, -0.1) is 0 Å². The van der Waals surface area contributed by atoms with Gasteiger partial charge in [-0.25, -0.2) is 0 Å². The van der Waals surface area contributed by atoms with Gasteiger partial charge in [0.15, 0.2) is 0 Å². The molecular formula is C14H27N3. The molecule has 2 fully saturated rings. The Morgan fingerprint density at radius 3 is 2.47 bits per heavy atom. The quantitative estimate of drug-likeness (QED) is 0.732. The van der Waals surface area contributed by atoms with Crippen molar-refractivity contribution in [1.82, 2.24) is 9.80 Å². The van der Waals surface area contributed by atoms with Crippen LogP contribution in [-0.4, -0.2) is 60.8 Å². The average Bonchev–Trinajstić information content (AvgIpc) is 2.39. The van der Waals surface area contributed by atoms with E-state index in [4.69, 9.17) is 0 Å². The topological polar surface area (TPSA) is 18.8 Å². The predicted molar refractivity (Wildman–Crippen MR) is 73.9 cm³/mol. The molecule has 1 atom stereocenters. The van der Waals surface area contributed by atoms with E-state index >= 15 is 0 Å². The van der Waals surface area contributed by atoms with Crippen LogP contribution in [0.5, 0.6) is 0 Å². The standard InChI is InChI=1S/C14H27N3/c1-12(2)16-7-9-17(10-8-16)14-6-4-5-13(11-14)15-3/h12,14H,4-11H2,1-3H3/t14-/m1/s1. The first-order valence-electron chi connectivity index (χ1n) is 7.13. The van der Waals surface area contributed by atoms with Gasteiger partial charge in [-0.05, 0) is 33.1 Å². The highest BCUT2D eigenvalue weighted by Gasteiger charge is 2.27. The molecule has 17 heavy (non-hydrogen) atoms. The number of rotatable bonds is 2. The molecule has 1 aliphatic heterocycles. The Kier molecular flexibility index (Phi) is 4.57. The molecule has 2 aliphatic rings. The lowest BCUT2D eigenvalue weighted by molar-refractivity contribution is 0.0744. The van der Waals surface area contributed by atoms with Crippen molar-refractivity contribution in [3.05, 3.63) is 0 Å². The van der Waals surface area contributed by atoms with Crippen LogP contribution in [0.15, 0.2) is 4.99 Å². The first-order chi connectivity index (χ1) is 8.20. The fraction of sp³-hybridized carbons (Fsp3) is 0.929. The molecule has 98 valence electrons. The molecule has 1 heterocycles. The van der Waals surface area contributed by atoms with E-state index in [-0.39, 0.29) is 0 Å². The van der Waals surface area contributed by atoms with E-state index in [0.29, 0.717) is 6.04 Å². The Balaban J connectivity index is 1.84. The molecule has 3 heteroatoms. The minimum atomic E-state index is 0.705. The third-order valence-electron chi connectivity index (χ3n) is 4.39. The van der Waals surface area contributed by atoms with Crippen molar-refractivity contribution in [3.8, 4) is 0 Å². The normalized spacial score (nSPS) is 31.3. The third kappa shape index (κ3) is 3.29. The van der Waals surface area contributed by atoms with E-state index in [1.807, 2.05) is 7.05 Å². The highest BCUT2D eigenvalue weighted by molar-refractivity contribution is 5.85. The van der Waals surface area contributed by atoms with Gasteiger partial charge in [-0.2, -0.15) is 0 Å². The highest BCUT2D eigenvalue weighted by atomic mass is 15.3.